The van der Waals surface area contributed by atoms with Crippen molar-refractivity contribution < 1.29 is 9.84 Å². The normalized spacial score (nSPS) is 20.6. The Morgan fingerprint density at radius 1 is 1.53 bits per heavy atom. The molecule has 17 heavy (non-hydrogen) atoms. The lowest BCUT2D eigenvalue weighted by atomic mass is 10.1. The molecule has 1 aliphatic heterocycles. The quantitative estimate of drug-likeness (QED) is 0.930. The molecule has 0 saturated carbocycles. The van der Waals surface area contributed by atoms with Crippen molar-refractivity contribution in [2.75, 3.05) is 31.3 Å². The lowest BCUT2D eigenvalue weighted by Gasteiger charge is -2.37. The number of aliphatic hydroxyl groups is 1. The summed E-state index contributed by atoms with van der Waals surface area (Å²) in [6, 6.07) is 6.66. The maximum atomic E-state index is 9.09. The summed E-state index contributed by atoms with van der Waals surface area (Å²) in [7, 11) is 0. The van der Waals surface area contributed by atoms with E-state index in [-0.39, 0.29) is 12.6 Å². The number of hydrogen-bond acceptors (Lipinski definition) is 3. The van der Waals surface area contributed by atoms with Gasteiger partial charge in [-0.05, 0) is 37.1 Å². The van der Waals surface area contributed by atoms with Gasteiger partial charge >= 0.3 is 0 Å². The Kier molecular flexibility index (Phi) is 4.42. The minimum atomic E-state index is 0.208. The first-order valence-electron chi connectivity index (χ1n) is 5.94. The highest BCUT2D eigenvalue weighted by Crippen LogP contribution is 2.26. The van der Waals surface area contributed by atoms with Gasteiger partial charge in [-0.25, -0.2) is 0 Å². The standard InChI is InChI=1S/C13H18BrNO2/c1-10-8-11(2-3-13(10)14)15-5-7-17-9-12(15)4-6-16/h2-3,8,12,16H,4-7,9H2,1H3. The highest BCUT2D eigenvalue weighted by Gasteiger charge is 2.22. The number of halogens is 1. The van der Waals surface area contributed by atoms with Gasteiger partial charge in [0.1, 0.15) is 0 Å². The molecule has 1 heterocycles. The maximum absolute atomic E-state index is 9.09. The fourth-order valence-corrected chi connectivity index (χ4v) is 2.44. The Hall–Kier alpha value is -0.580. The average Bonchev–Trinajstić information content (AvgIpc) is 2.34. The van der Waals surface area contributed by atoms with Gasteiger partial charge in [-0.15, -0.1) is 0 Å². The molecule has 0 aromatic heterocycles. The van der Waals surface area contributed by atoms with E-state index >= 15 is 0 Å². The van der Waals surface area contributed by atoms with Gasteiger partial charge in [-0.1, -0.05) is 15.9 Å². The number of aliphatic hydroxyl groups excluding tert-OH is 1. The molecule has 0 radical (unpaired) electrons. The fourth-order valence-electron chi connectivity index (χ4n) is 2.19. The predicted molar refractivity (Wildman–Crippen MR) is 72.5 cm³/mol. The van der Waals surface area contributed by atoms with E-state index in [0.717, 1.165) is 24.0 Å². The van der Waals surface area contributed by atoms with Gasteiger partial charge in [0.15, 0.2) is 0 Å². The molecule has 0 bridgehead atoms. The van der Waals surface area contributed by atoms with Crippen LogP contribution in [0.15, 0.2) is 22.7 Å². The number of aryl methyl sites for hydroxylation is 1. The molecule has 1 N–H and O–H groups in total. The van der Waals surface area contributed by atoms with Crippen molar-refractivity contribution in [3.8, 4) is 0 Å². The lowest BCUT2D eigenvalue weighted by Crippen LogP contribution is -2.46. The zero-order valence-corrected chi connectivity index (χ0v) is 11.6. The van der Waals surface area contributed by atoms with E-state index in [2.05, 4.69) is 46.0 Å². The van der Waals surface area contributed by atoms with Crippen molar-refractivity contribution >= 4 is 21.6 Å². The first kappa shape index (κ1) is 12.9. The summed E-state index contributed by atoms with van der Waals surface area (Å²) in [6.07, 6.45) is 0.759. The van der Waals surface area contributed by atoms with Crippen LogP contribution in [0.3, 0.4) is 0 Å². The summed E-state index contributed by atoms with van der Waals surface area (Å²) in [6.45, 7) is 4.66. The Labute approximate surface area is 111 Å². The summed E-state index contributed by atoms with van der Waals surface area (Å²) >= 11 is 3.52. The van der Waals surface area contributed by atoms with Crippen LogP contribution < -0.4 is 4.90 Å². The molecular formula is C13H18BrNO2. The Bertz CT molecular complexity index is 382. The molecule has 3 nitrogen and oxygen atoms in total. The highest BCUT2D eigenvalue weighted by atomic mass is 79.9. The summed E-state index contributed by atoms with van der Waals surface area (Å²) in [5.74, 6) is 0. The Morgan fingerprint density at radius 2 is 2.35 bits per heavy atom. The Balaban J connectivity index is 2.20. The number of morpholine rings is 1. The van der Waals surface area contributed by atoms with Crippen molar-refractivity contribution in [1.82, 2.24) is 0 Å². The molecule has 0 spiro atoms. The van der Waals surface area contributed by atoms with Crippen molar-refractivity contribution in [3.63, 3.8) is 0 Å². The van der Waals surface area contributed by atoms with E-state index in [1.807, 2.05) is 0 Å². The van der Waals surface area contributed by atoms with Crippen LogP contribution in [0.1, 0.15) is 12.0 Å². The summed E-state index contributed by atoms with van der Waals surface area (Å²) in [4.78, 5) is 2.33. The van der Waals surface area contributed by atoms with Gasteiger partial charge in [0.2, 0.25) is 0 Å². The molecule has 1 atom stereocenters. The number of nitrogens with zero attached hydrogens (tertiary/aromatic N) is 1. The minimum absolute atomic E-state index is 0.208. The molecule has 1 fully saturated rings. The number of hydrogen-bond donors (Lipinski definition) is 1. The largest absolute Gasteiger partial charge is 0.396 e. The summed E-state index contributed by atoms with van der Waals surface area (Å²) in [5.41, 5.74) is 2.45. The molecule has 0 aliphatic carbocycles. The van der Waals surface area contributed by atoms with E-state index in [0.29, 0.717) is 6.61 Å². The van der Waals surface area contributed by atoms with Gasteiger partial charge in [0.25, 0.3) is 0 Å². The third kappa shape index (κ3) is 3.00. The van der Waals surface area contributed by atoms with Gasteiger partial charge in [-0.3, -0.25) is 0 Å². The molecule has 1 aliphatic rings. The monoisotopic (exact) mass is 299 g/mol. The second kappa shape index (κ2) is 5.85. The SMILES string of the molecule is Cc1cc(N2CCOCC2CCO)ccc1Br. The Morgan fingerprint density at radius 3 is 3.06 bits per heavy atom. The molecule has 0 amide bonds. The van der Waals surface area contributed by atoms with E-state index in [1.165, 1.54) is 11.3 Å². The molecule has 1 aromatic rings. The zero-order valence-electron chi connectivity index (χ0n) is 10.0. The molecule has 1 saturated heterocycles. The third-order valence-electron chi connectivity index (χ3n) is 3.16. The van der Waals surface area contributed by atoms with Crippen LogP contribution in [0.5, 0.6) is 0 Å². The number of rotatable bonds is 3. The van der Waals surface area contributed by atoms with E-state index in [4.69, 9.17) is 9.84 Å². The summed E-state index contributed by atoms with van der Waals surface area (Å²) in [5, 5.41) is 9.09. The van der Waals surface area contributed by atoms with E-state index in [9.17, 15) is 0 Å². The van der Waals surface area contributed by atoms with E-state index < -0.39 is 0 Å². The second-order valence-corrected chi connectivity index (χ2v) is 5.22. The van der Waals surface area contributed by atoms with Crippen LogP contribution in [-0.2, 0) is 4.74 Å². The molecule has 2 rings (SSSR count). The molecule has 94 valence electrons. The van der Waals surface area contributed by atoms with Crippen LogP contribution in [-0.4, -0.2) is 37.5 Å². The third-order valence-corrected chi connectivity index (χ3v) is 4.05. The van der Waals surface area contributed by atoms with Crippen LogP contribution in [0.2, 0.25) is 0 Å². The smallest absolute Gasteiger partial charge is 0.0671 e. The zero-order chi connectivity index (χ0) is 12.3. The second-order valence-electron chi connectivity index (χ2n) is 4.37. The van der Waals surface area contributed by atoms with Crippen molar-refractivity contribution in [2.24, 2.45) is 0 Å². The fraction of sp³-hybridized carbons (Fsp3) is 0.538. The number of anilines is 1. The van der Waals surface area contributed by atoms with Crippen LogP contribution in [0, 0.1) is 6.92 Å². The van der Waals surface area contributed by atoms with Crippen molar-refractivity contribution in [3.05, 3.63) is 28.2 Å². The number of ether oxygens (including phenoxy) is 1. The maximum Gasteiger partial charge on any atom is 0.0671 e. The van der Waals surface area contributed by atoms with Gasteiger partial charge in [-0.2, -0.15) is 0 Å². The van der Waals surface area contributed by atoms with Gasteiger partial charge < -0.3 is 14.7 Å². The van der Waals surface area contributed by atoms with Crippen LogP contribution in [0.25, 0.3) is 0 Å². The summed E-state index contributed by atoms with van der Waals surface area (Å²) < 4.78 is 6.61. The van der Waals surface area contributed by atoms with Crippen molar-refractivity contribution in [1.29, 1.82) is 0 Å². The number of benzene rings is 1. The molecule has 4 heteroatoms. The predicted octanol–water partition coefficient (Wildman–Crippen LogP) is 2.35. The van der Waals surface area contributed by atoms with Gasteiger partial charge in [0, 0.05) is 23.3 Å². The first-order valence-corrected chi connectivity index (χ1v) is 6.73. The van der Waals surface area contributed by atoms with E-state index in [1.54, 1.807) is 0 Å². The van der Waals surface area contributed by atoms with Gasteiger partial charge in [0.05, 0.1) is 19.3 Å². The minimum Gasteiger partial charge on any atom is -0.396 e. The molecule has 1 aromatic carbocycles. The highest BCUT2D eigenvalue weighted by molar-refractivity contribution is 9.10. The molecular weight excluding hydrogens is 282 g/mol. The molecule has 1 unspecified atom stereocenters. The van der Waals surface area contributed by atoms with Crippen LogP contribution in [0.4, 0.5) is 5.69 Å². The van der Waals surface area contributed by atoms with Crippen molar-refractivity contribution in [2.45, 2.75) is 19.4 Å². The lowest BCUT2D eigenvalue weighted by molar-refractivity contribution is 0.0850. The topological polar surface area (TPSA) is 32.7 Å². The first-order chi connectivity index (χ1) is 8.22. The van der Waals surface area contributed by atoms with Crippen LogP contribution >= 0.6 is 15.9 Å². The average molecular weight is 300 g/mol.